The second-order valence-corrected chi connectivity index (χ2v) is 11.3. The lowest BCUT2D eigenvalue weighted by atomic mass is 10.1. The number of carbonyl (C=O) groups excluding carboxylic acids is 1. The fourth-order valence-corrected chi connectivity index (χ4v) is 4.63. The van der Waals surface area contributed by atoms with Gasteiger partial charge in [0, 0.05) is 33.7 Å². The number of fused-ring (bicyclic) bond motifs is 1. The van der Waals surface area contributed by atoms with E-state index in [1.54, 1.807) is 0 Å². The van der Waals surface area contributed by atoms with Crippen molar-refractivity contribution in [3.63, 3.8) is 0 Å². The highest BCUT2D eigenvalue weighted by Crippen LogP contribution is 2.42. The highest BCUT2D eigenvalue weighted by Gasteiger charge is 2.21. The Hall–Kier alpha value is -2.73. The predicted octanol–water partition coefficient (Wildman–Crippen LogP) is 4.77. The Bertz CT molecular complexity index is 1440. The molecule has 0 aliphatic rings. The Morgan fingerprint density at radius 2 is 1.52 bits per heavy atom. The van der Waals surface area contributed by atoms with Gasteiger partial charge in [0.15, 0.2) is 0 Å². The number of azo groups is 1. The lowest BCUT2D eigenvalue weighted by Crippen LogP contribution is -2.07. The molecule has 3 aromatic carbocycles. The van der Waals surface area contributed by atoms with Crippen LogP contribution in [0.4, 0.5) is 17.1 Å². The summed E-state index contributed by atoms with van der Waals surface area (Å²) in [6.07, 6.45) is 0. The van der Waals surface area contributed by atoms with Crippen LogP contribution in [0.3, 0.4) is 0 Å². The summed E-state index contributed by atoms with van der Waals surface area (Å²) in [6.45, 7) is 1.25. The number of benzene rings is 3. The maximum atomic E-state index is 12.1. The molecule has 0 radical (unpaired) electrons. The zero-order valence-corrected chi connectivity index (χ0v) is 18.7. The van der Waals surface area contributed by atoms with Crippen LogP contribution in [0.15, 0.2) is 68.6 Å². The van der Waals surface area contributed by atoms with Gasteiger partial charge in [-0.05, 0) is 48.5 Å². The summed E-state index contributed by atoms with van der Waals surface area (Å²) in [6, 6.07) is 10.2. The third kappa shape index (κ3) is 5.13. The molecule has 3 aromatic rings. The van der Waals surface area contributed by atoms with Gasteiger partial charge in [-0.25, -0.2) is 16.8 Å². The second-order valence-electron chi connectivity index (χ2n) is 6.22. The van der Waals surface area contributed by atoms with Crippen molar-refractivity contribution in [1.29, 1.82) is 0 Å². The molecule has 2 N–H and O–H groups in total. The molecule has 0 aliphatic carbocycles. The number of hydrogen-bond donors (Lipinski definition) is 2. The number of phenolic OH excluding ortho intramolecular Hbond substituents is 1. The van der Waals surface area contributed by atoms with Gasteiger partial charge >= 0.3 is 0 Å². The van der Waals surface area contributed by atoms with Crippen LogP contribution in [0.2, 0.25) is 0 Å². The lowest BCUT2D eigenvalue weighted by molar-refractivity contribution is -0.114. The van der Waals surface area contributed by atoms with Crippen LogP contribution < -0.4 is 5.32 Å². The lowest BCUT2D eigenvalue weighted by Gasteiger charge is -2.13. The number of halogens is 2. The van der Waals surface area contributed by atoms with E-state index in [-0.39, 0.29) is 43.4 Å². The fourth-order valence-electron chi connectivity index (χ4n) is 2.80. The van der Waals surface area contributed by atoms with Gasteiger partial charge in [0.1, 0.15) is 5.75 Å². The van der Waals surface area contributed by atoms with Crippen molar-refractivity contribution in [2.45, 2.75) is 16.7 Å². The van der Waals surface area contributed by atoms with Gasteiger partial charge in [-0.2, -0.15) is 5.11 Å². The average molecular weight is 502 g/mol. The summed E-state index contributed by atoms with van der Waals surface area (Å²) < 4.78 is 46.9. The molecule has 9 nitrogen and oxygen atoms in total. The largest absolute Gasteiger partial charge is 0.507 e. The number of nitrogens with zero attached hydrogens (tertiary/aromatic N) is 2. The van der Waals surface area contributed by atoms with Crippen LogP contribution in [-0.4, -0.2) is 27.8 Å². The van der Waals surface area contributed by atoms with E-state index in [1.807, 2.05) is 0 Å². The fraction of sp³-hybridized carbons (Fsp3) is 0.0556. The molecule has 0 fully saturated rings. The summed E-state index contributed by atoms with van der Waals surface area (Å²) in [7, 11) is 2.67. The van der Waals surface area contributed by atoms with Crippen molar-refractivity contribution in [2.24, 2.45) is 10.2 Å². The Morgan fingerprint density at radius 1 is 0.871 bits per heavy atom. The number of aromatic hydroxyl groups is 1. The van der Waals surface area contributed by atoms with Gasteiger partial charge in [0.05, 0.1) is 32.2 Å². The van der Waals surface area contributed by atoms with Crippen molar-refractivity contribution >= 4 is 73.2 Å². The van der Waals surface area contributed by atoms with E-state index in [2.05, 4.69) is 15.5 Å². The minimum Gasteiger partial charge on any atom is -0.507 e. The van der Waals surface area contributed by atoms with E-state index in [0.717, 1.165) is 0 Å². The maximum Gasteiger partial charge on any atom is 0.262 e. The van der Waals surface area contributed by atoms with Crippen molar-refractivity contribution < 1.29 is 26.7 Å². The first-order valence-corrected chi connectivity index (χ1v) is 13.0. The molecule has 0 spiro atoms. The predicted molar refractivity (Wildman–Crippen MR) is 117 cm³/mol. The monoisotopic (exact) mass is 501 g/mol. The minimum absolute atomic E-state index is 0.0111. The molecule has 0 bridgehead atoms. The molecule has 0 aliphatic heterocycles. The van der Waals surface area contributed by atoms with E-state index in [1.165, 1.54) is 55.5 Å². The van der Waals surface area contributed by atoms with Crippen LogP contribution in [0.1, 0.15) is 6.92 Å². The number of nitrogens with one attached hydrogen (secondary N) is 1. The quantitative estimate of drug-likeness (QED) is 0.380. The maximum absolute atomic E-state index is 12.1. The summed E-state index contributed by atoms with van der Waals surface area (Å²) in [4.78, 5) is 11.0. The number of amides is 1. The zero-order valence-electron chi connectivity index (χ0n) is 15.6. The Labute approximate surface area is 186 Å². The highest BCUT2D eigenvalue weighted by molar-refractivity contribution is 8.14. The molecular weight excluding hydrogens is 489 g/mol. The molecular formula is C18H13Cl2N3O6S2. The molecule has 0 saturated carbocycles. The molecule has 1 amide bonds. The summed E-state index contributed by atoms with van der Waals surface area (Å²) >= 11 is 0. The number of carbonyl (C=O) groups is 1. The smallest absolute Gasteiger partial charge is 0.262 e. The van der Waals surface area contributed by atoms with Gasteiger partial charge in [-0.1, -0.05) is 0 Å². The first-order valence-electron chi connectivity index (χ1n) is 8.35. The number of phenols is 1. The van der Waals surface area contributed by atoms with E-state index in [4.69, 9.17) is 21.4 Å². The number of rotatable bonds is 5. The van der Waals surface area contributed by atoms with E-state index in [0.29, 0.717) is 0 Å². The zero-order chi connectivity index (χ0) is 23.0. The van der Waals surface area contributed by atoms with Gasteiger partial charge in [-0.15, -0.1) is 5.11 Å². The summed E-state index contributed by atoms with van der Waals surface area (Å²) in [5.41, 5.74) is 0.435. The molecule has 31 heavy (non-hydrogen) atoms. The first-order chi connectivity index (χ1) is 14.4. The molecule has 0 saturated heterocycles. The van der Waals surface area contributed by atoms with Crippen molar-refractivity contribution in [3.8, 4) is 5.75 Å². The Balaban J connectivity index is 2.21. The van der Waals surface area contributed by atoms with Gasteiger partial charge in [0.25, 0.3) is 18.1 Å². The van der Waals surface area contributed by atoms with Crippen molar-refractivity contribution in [3.05, 3.63) is 48.5 Å². The van der Waals surface area contributed by atoms with Gasteiger partial charge in [-0.3, -0.25) is 4.79 Å². The second kappa shape index (κ2) is 8.42. The summed E-state index contributed by atoms with van der Waals surface area (Å²) in [5.74, 6) is -0.750. The van der Waals surface area contributed by atoms with E-state index >= 15 is 0 Å². The van der Waals surface area contributed by atoms with E-state index < -0.39 is 24.0 Å². The van der Waals surface area contributed by atoms with Gasteiger partial charge in [0.2, 0.25) is 5.91 Å². The third-order valence-corrected chi connectivity index (χ3v) is 6.78. The summed E-state index contributed by atoms with van der Waals surface area (Å²) in [5, 5.41) is 20.8. The molecule has 0 aromatic heterocycles. The molecule has 0 heterocycles. The number of anilines is 1. The molecule has 3 rings (SSSR count). The van der Waals surface area contributed by atoms with Gasteiger partial charge < -0.3 is 10.4 Å². The minimum atomic E-state index is -4.25. The standard InChI is InChI=1S/C18H13Cl2N3O6S2/c1-10(24)21-13-7-9-16(31(20,28)29)18-14(6-8-15(25)17(13)18)23-22-11-2-4-12(5-3-11)30(19,26)27/h2-9,25H,1H3,(H,21,24)/b23-22+. The molecule has 162 valence electrons. The number of hydrogen-bond acceptors (Lipinski definition) is 8. The Kier molecular flexibility index (Phi) is 6.23. The third-order valence-electron chi connectivity index (χ3n) is 4.04. The molecule has 13 heteroatoms. The SMILES string of the molecule is CC(=O)Nc1ccc(S(=O)(=O)Cl)c2c(/N=N/c3ccc(S(=O)(=O)Cl)cc3)ccc(O)c12. The highest BCUT2D eigenvalue weighted by atomic mass is 35.7. The molecule has 0 atom stereocenters. The average Bonchev–Trinajstić information content (AvgIpc) is 2.65. The van der Waals surface area contributed by atoms with E-state index in [9.17, 15) is 26.7 Å². The topological polar surface area (TPSA) is 142 Å². The van der Waals surface area contributed by atoms with Crippen molar-refractivity contribution in [2.75, 3.05) is 5.32 Å². The van der Waals surface area contributed by atoms with Crippen LogP contribution in [0, 0.1) is 0 Å². The Morgan fingerprint density at radius 3 is 2.06 bits per heavy atom. The van der Waals surface area contributed by atoms with Crippen LogP contribution in [-0.2, 0) is 22.9 Å². The van der Waals surface area contributed by atoms with Crippen LogP contribution >= 0.6 is 21.4 Å². The normalized spacial score (nSPS) is 12.4. The van der Waals surface area contributed by atoms with Crippen LogP contribution in [0.25, 0.3) is 10.8 Å². The first kappa shape index (κ1) is 22.9. The van der Waals surface area contributed by atoms with Crippen LogP contribution in [0.5, 0.6) is 5.75 Å². The van der Waals surface area contributed by atoms with Crippen molar-refractivity contribution in [1.82, 2.24) is 0 Å². The molecule has 0 unspecified atom stereocenters.